The van der Waals surface area contributed by atoms with Crippen LogP contribution in [0.25, 0.3) is 0 Å². The van der Waals surface area contributed by atoms with Crippen molar-refractivity contribution in [2.24, 2.45) is 11.8 Å². The Kier molecular flexibility index (Phi) is 6.85. The Bertz CT molecular complexity index is 716. The number of nitrogens with one attached hydrogen (secondary N) is 1. The van der Waals surface area contributed by atoms with E-state index in [0.29, 0.717) is 5.92 Å². The van der Waals surface area contributed by atoms with Crippen LogP contribution in [0.15, 0.2) is 35.8 Å². The highest BCUT2D eigenvalue weighted by Gasteiger charge is 2.31. The van der Waals surface area contributed by atoms with Crippen LogP contribution in [0.5, 0.6) is 5.75 Å². The number of carbonyl (C=O) groups is 1. The van der Waals surface area contributed by atoms with Gasteiger partial charge in [0.1, 0.15) is 10.8 Å². The molecule has 0 radical (unpaired) electrons. The number of hydrogen-bond acceptors (Lipinski definition) is 5. The highest BCUT2D eigenvalue weighted by atomic mass is 32.1. The molecule has 2 heterocycles. The lowest BCUT2D eigenvalue weighted by atomic mass is 9.90. The number of hydrogen-bond donors (Lipinski definition) is 1. The van der Waals surface area contributed by atoms with Gasteiger partial charge in [0.15, 0.2) is 0 Å². The van der Waals surface area contributed by atoms with Gasteiger partial charge >= 0.3 is 0 Å². The zero-order chi connectivity index (χ0) is 19.2. The largest absolute Gasteiger partial charge is 0.497 e. The first kappa shape index (κ1) is 19.8. The summed E-state index contributed by atoms with van der Waals surface area (Å²) in [4.78, 5) is 19.4. The number of ether oxygens (including phenoxy) is 1. The molecule has 1 aliphatic heterocycles. The predicted octanol–water partition coefficient (Wildman–Crippen LogP) is 3.88. The first-order valence-electron chi connectivity index (χ1n) is 9.62. The number of nitrogens with zero attached hydrogens (tertiary/aromatic N) is 2. The summed E-state index contributed by atoms with van der Waals surface area (Å²) in [7, 11) is 1.69. The number of aromatic nitrogens is 1. The van der Waals surface area contributed by atoms with Crippen molar-refractivity contribution in [3.63, 3.8) is 0 Å². The number of methoxy groups -OCH3 is 1. The van der Waals surface area contributed by atoms with Crippen molar-refractivity contribution in [2.45, 2.75) is 39.3 Å². The summed E-state index contributed by atoms with van der Waals surface area (Å²) in [6.07, 6.45) is 4.08. The molecule has 6 heteroatoms. The second-order valence-electron chi connectivity index (χ2n) is 7.50. The third-order valence-corrected chi connectivity index (χ3v) is 5.98. The number of benzene rings is 1. The summed E-state index contributed by atoms with van der Waals surface area (Å²) >= 11 is 1.63. The third kappa shape index (κ3) is 5.30. The molecular weight excluding hydrogens is 358 g/mol. The number of amides is 1. The van der Waals surface area contributed by atoms with E-state index in [0.717, 1.165) is 43.2 Å². The first-order valence-corrected chi connectivity index (χ1v) is 10.5. The first-order chi connectivity index (χ1) is 13.1. The second kappa shape index (κ2) is 9.33. The SMILES string of the molecule is COc1ccc(CN2CCC[C@H]([C@H](NC(=O)C(C)C)c3nccs3)C2)cc1. The summed E-state index contributed by atoms with van der Waals surface area (Å²) in [6.45, 7) is 6.85. The lowest BCUT2D eigenvalue weighted by Crippen LogP contribution is -2.43. The molecule has 1 aliphatic rings. The molecule has 0 aliphatic carbocycles. The quantitative estimate of drug-likeness (QED) is 0.783. The third-order valence-electron chi connectivity index (χ3n) is 5.12. The van der Waals surface area contributed by atoms with Crippen LogP contribution in [0.4, 0.5) is 0 Å². The normalized spacial score (nSPS) is 19.0. The van der Waals surface area contributed by atoms with Crippen LogP contribution in [0, 0.1) is 11.8 Å². The molecule has 0 bridgehead atoms. The molecule has 146 valence electrons. The Balaban J connectivity index is 1.68. The molecule has 0 spiro atoms. The lowest BCUT2D eigenvalue weighted by molar-refractivity contribution is -0.125. The zero-order valence-corrected chi connectivity index (χ0v) is 17.2. The zero-order valence-electron chi connectivity index (χ0n) is 16.4. The van der Waals surface area contributed by atoms with E-state index in [1.54, 1.807) is 18.4 Å². The lowest BCUT2D eigenvalue weighted by Gasteiger charge is -2.37. The van der Waals surface area contributed by atoms with Gasteiger partial charge in [-0.2, -0.15) is 0 Å². The monoisotopic (exact) mass is 387 g/mol. The van der Waals surface area contributed by atoms with Gasteiger partial charge in [0.2, 0.25) is 5.91 Å². The number of rotatable bonds is 7. The fraction of sp³-hybridized carbons (Fsp3) is 0.524. The fourth-order valence-corrected chi connectivity index (χ4v) is 4.37. The Morgan fingerprint density at radius 2 is 2.15 bits per heavy atom. The van der Waals surface area contributed by atoms with E-state index < -0.39 is 0 Å². The Morgan fingerprint density at radius 3 is 2.78 bits per heavy atom. The van der Waals surface area contributed by atoms with Crippen molar-refractivity contribution in [1.29, 1.82) is 0 Å². The van der Waals surface area contributed by atoms with Crippen molar-refractivity contribution in [3.8, 4) is 5.75 Å². The maximum Gasteiger partial charge on any atom is 0.223 e. The Hall–Kier alpha value is -1.92. The maximum atomic E-state index is 12.4. The van der Waals surface area contributed by atoms with Crippen LogP contribution in [-0.2, 0) is 11.3 Å². The topological polar surface area (TPSA) is 54.5 Å². The summed E-state index contributed by atoms with van der Waals surface area (Å²) in [6, 6.07) is 8.28. The van der Waals surface area contributed by atoms with E-state index in [2.05, 4.69) is 27.3 Å². The minimum Gasteiger partial charge on any atom is -0.497 e. The van der Waals surface area contributed by atoms with Crippen LogP contribution in [-0.4, -0.2) is 36.0 Å². The summed E-state index contributed by atoms with van der Waals surface area (Å²) in [5, 5.41) is 6.26. The molecule has 2 aromatic rings. The van der Waals surface area contributed by atoms with Gasteiger partial charge < -0.3 is 10.1 Å². The molecule has 0 unspecified atom stereocenters. The predicted molar refractivity (Wildman–Crippen MR) is 109 cm³/mol. The van der Waals surface area contributed by atoms with E-state index >= 15 is 0 Å². The van der Waals surface area contributed by atoms with E-state index in [-0.39, 0.29) is 17.9 Å². The summed E-state index contributed by atoms with van der Waals surface area (Å²) in [5.41, 5.74) is 1.29. The fourth-order valence-electron chi connectivity index (χ4n) is 3.59. The minimum absolute atomic E-state index is 0.00133. The van der Waals surface area contributed by atoms with Crippen LogP contribution >= 0.6 is 11.3 Å². The molecular formula is C21H29N3O2S. The highest BCUT2D eigenvalue weighted by molar-refractivity contribution is 7.09. The summed E-state index contributed by atoms with van der Waals surface area (Å²) in [5.74, 6) is 1.34. The van der Waals surface area contributed by atoms with Gasteiger partial charge in [-0.15, -0.1) is 11.3 Å². The molecule has 5 nitrogen and oxygen atoms in total. The van der Waals surface area contributed by atoms with Gasteiger partial charge in [0.25, 0.3) is 0 Å². The van der Waals surface area contributed by atoms with Gasteiger partial charge in [0, 0.05) is 30.6 Å². The average molecular weight is 388 g/mol. The van der Waals surface area contributed by atoms with Crippen molar-refractivity contribution >= 4 is 17.2 Å². The smallest absolute Gasteiger partial charge is 0.223 e. The molecule has 1 amide bonds. The highest BCUT2D eigenvalue weighted by Crippen LogP contribution is 2.32. The molecule has 3 rings (SSSR count). The second-order valence-corrected chi connectivity index (χ2v) is 8.42. The molecule has 1 N–H and O–H groups in total. The van der Waals surface area contributed by atoms with Gasteiger partial charge in [-0.1, -0.05) is 26.0 Å². The van der Waals surface area contributed by atoms with E-state index in [9.17, 15) is 4.79 Å². The summed E-state index contributed by atoms with van der Waals surface area (Å²) < 4.78 is 5.25. The Labute approximate surface area is 165 Å². The number of carbonyl (C=O) groups excluding carboxylic acids is 1. The van der Waals surface area contributed by atoms with Crippen LogP contribution in [0.2, 0.25) is 0 Å². The minimum atomic E-state index is -0.0218. The maximum absolute atomic E-state index is 12.4. The number of thiazole rings is 1. The van der Waals surface area contributed by atoms with Crippen molar-refractivity contribution in [3.05, 3.63) is 46.4 Å². The number of piperidine rings is 1. The molecule has 27 heavy (non-hydrogen) atoms. The molecule has 1 saturated heterocycles. The van der Waals surface area contributed by atoms with E-state index in [1.165, 1.54) is 5.56 Å². The molecule has 2 atom stereocenters. The average Bonchev–Trinajstić information content (AvgIpc) is 3.21. The van der Waals surface area contributed by atoms with Crippen LogP contribution in [0.1, 0.15) is 43.3 Å². The van der Waals surface area contributed by atoms with E-state index in [1.807, 2.05) is 37.6 Å². The van der Waals surface area contributed by atoms with Crippen molar-refractivity contribution in [2.75, 3.05) is 20.2 Å². The van der Waals surface area contributed by atoms with Crippen LogP contribution in [0.3, 0.4) is 0 Å². The van der Waals surface area contributed by atoms with Crippen LogP contribution < -0.4 is 10.1 Å². The number of likely N-dealkylation sites (tertiary alicyclic amines) is 1. The molecule has 1 aromatic carbocycles. The van der Waals surface area contributed by atoms with Gasteiger partial charge in [-0.3, -0.25) is 9.69 Å². The standard InChI is InChI=1S/C21H29N3O2S/c1-15(2)20(25)23-19(21-22-10-12-27-21)17-5-4-11-24(14-17)13-16-6-8-18(26-3)9-7-16/h6-10,12,15,17,19H,4-5,11,13-14H2,1-3H3,(H,23,25)/t17-,19-/m0/s1. The van der Waals surface area contributed by atoms with Gasteiger partial charge in [-0.25, -0.2) is 4.98 Å². The van der Waals surface area contributed by atoms with Crippen molar-refractivity contribution in [1.82, 2.24) is 15.2 Å². The Morgan fingerprint density at radius 1 is 1.37 bits per heavy atom. The molecule has 1 fully saturated rings. The van der Waals surface area contributed by atoms with Gasteiger partial charge in [0.05, 0.1) is 13.2 Å². The molecule has 0 saturated carbocycles. The molecule has 1 aromatic heterocycles. The van der Waals surface area contributed by atoms with E-state index in [4.69, 9.17) is 4.74 Å². The van der Waals surface area contributed by atoms with Gasteiger partial charge in [-0.05, 0) is 43.0 Å². The van der Waals surface area contributed by atoms with Crippen molar-refractivity contribution < 1.29 is 9.53 Å².